The van der Waals surface area contributed by atoms with E-state index in [0.717, 1.165) is 18.0 Å². The number of hydrogen-bond donors (Lipinski definition) is 1. The maximum Gasteiger partial charge on any atom is 0.283 e. The summed E-state index contributed by atoms with van der Waals surface area (Å²) < 4.78 is 2.06. The zero-order chi connectivity index (χ0) is 12.8. The van der Waals surface area contributed by atoms with E-state index in [1.54, 1.807) is 18.0 Å². The molecule has 0 spiro atoms. The molecule has 0 fully saturated rings. The summed E-state index contributed by atoms with van der Waals surface area (Å²) in [4.78, 5) is 12.0. The predicted octanol–water partition coefficient (Wildman–Crippen LogP) is 2.44. The summed E-state index contributed by atoms with van der Waals surface area (Å²) >= 11 is 5.09. The molecule has 0 aliphatic heterocycles. The van der Waals surface area contributed by atoms with Crippen LogP contribution in [0, 0.1) is 5.92 Å². The van der Waals surface area contributed by atoms with Crippen LogP contribution < -0.4 is 10.9 Å². The van der Waals surface area contributed by atoms with E-state index in [9.17, 15) is 4.79 Å². The van der Waals surface area contributed by atoms with Crippen molar-refractivity contribution in [3.63, 3.8) is 0 Å². The molecule has 1 heterocycles. The molecule has 1 N–H and O–H groups in total. The Bertz CT molecular complexity index is 420. The van der Waals surface area contributed by atoms with Gasteiger partial charge >= 0.3 is 0 Å². The van der Waals surface area contributed by atoms with Crippen LogP contribution in [-0.4, -0.2) is 28.3 Å². The van der Waals surface area contributed by atoms with E-state index in [4.69, 9.17) is 0 Å². The van der Waals surface area contributed by atoms with Crippen molar-refractivity contribution in [1.29, 1.82) is 0 Å². The smallest absolute Gasteiger partial charge is 0.283 e. The van der Waals surface area contributed by atoms with E-state index >= 15 is 0 Å². The van der Waals surface area contributed by atoms with Gasteiger partial charge in [0.25, 0.3) is 5.56 Å². The van der Waals surface area contributed by atoms with E-state index in [1.165, 1.54) is 4.68 Å². The minimum absolute atomic E-state index is 0.0761. The van der Waals surface area contributed by atoms with Crippen molar-refractivity contribution in [2.75, 3.05) is 23.9 Å². The largest absolute Gasteiger partial charge is 0.382 e. The highest BCUT2D eigenvalue weighted by Crippen LogP contribution is 2.16. The summed E-state index contributed by atoms with van der Waals surface area (Å²) in [5.74, 6) is 1.41. The minimum Gasteiger partial charge on any atom is -0.382 e. The van der Waals surface area contributed by atoms with Crippen LogP contribution in [0.5, 0.6) is 0 Å². The van der Waals surface area contributed by atoms with Gasteiger partial charge in [0.1, 0.15) is 4.47 Å². The number of nitrogens with zero attached hydrogens (tertiary/aromatic N) is 2. The number of rotatable bonds is 6. The molecule has 1 aromatic rings. The van der Waals surface area contributed by atoms with Crippen LogP contribution in [0.25, 0.3) is 0 Å². The van der Waals surface area contributed by atoms with Gasteiger partial charge < -0.3 is 5.32 Å². The normalized spacial score (nSPS) is 10.9. The van der Waals surface area contributed by atoms with Gasteiger partial charge in [-0.15, -0.1) is 0 Å². The molecule has 0 aromatic carbocycles. The molecule has 0 atom stereocenters. The lowest BCUT2D eigenvalue weighted by Crippen LogP contribution is -2.26. The van der Waals surface area contributed by atoms with Crippen molar-refractivity contribution in [3.8, 4) is 0 Å². The lowest BCUT2D eigenvalue weighted by molar-refractivity contribution is 0.462. The van der Waals surface area contributed by atoms with Crippen molar-refractivity contribution in [2.45, 2.75) is 20.4 Å². The first-order valence-corrected chi connectivity index (χ1v) is 7.73. The van der Waals surface area contributed by atoms with Crippen molar-refractivity contribution in [1.82, 2.24) is 9.78 Å². The molecule has 0 aliphatic carbocycles. The second-order valence-electron chi connectivity index (χ2n) is 4.17. The number of anilines is 1. The molecule has 0 saturated heterocycles. The highest BCUT2D eigenvalue weighted by atomic mass is 79.9. The summed E-state index contributed by atoms with van der Waals surface area (Å²) in [7, 11) is 0. The molecule has 0 saturated carbocycles. The quantitative estimate of drug-likeness (QED) is 0.818. The first-order valence-electron chi connectivity index (χ1n) is 5.54. The molecule has 0 aliphatic rings. The summed E-state index contributed by atoms with van der Waals surface area (Å²) in [5.41, 5.74) is 0.692. The van der Waals surface area contributed by atoms with Gasteiger partial charge in [-0.25, -0.2) is 4.68 Å². The molecule has 0 radical (unpaired) electrons. The van der Waals surface area contributed by atoms with Crippen LogP contribution >= 0.6 is 27.7 Å². The first-order chi connectivity index (χ1) is 8.06. The van der Waals surface area contributed by atoms with Crippen LogP contribution in [0.15, 0.2) is 15.5 Å². The molecule has 96 valence electrons. The number of thioether (sulfide) groups is 1. The topological polar surface area (TPSA) is 46.9 Å². The van der Waals surface area contributed by atoms with Gasteiger partial charge in [-0.05, 0) is 28.1 Å². The number of halogens is 1. The molecule has 17 heavy (non-hydrogen) atoms. The standard InChI is InChI=1S/C11H18BrN3OS/c1-8(2)7-15-11(16)10(12)9(6-14-15)13-4-5-17-3/h6,8,13H,4-5,7H2,1-3H3. The Morgan fingerprint density at radius 2 is 2.29 bits per heavy atom. The Kier molecular flexibility index (Phi) is 6.05. The Morgan fingerprint density at radius 3 is 2.88 bits per heavy atom. The average Bonchev–Trinajstić information content (AvgIpc) is 2.28. The van der Waals surface area contributed by atoms with E-state index in [0.29, 0.717) is 16.9 Å². The fraction of sp³-hybridized carbons (Fsp3) is 0.636. The third kappa shape index (κ3) is 4.35. The zero-order valence-corrected chi connectivity index (χ0v) is 12.8. The third-order valence-corrected chi connectivity index (χ3v) is 3.52. The Labute approximate surface area is 114 Å². The molecule has 1 aromatic heterocycles. The van der Waals surface area contributed by atoms with Crippen LogP contribution in [0.1, 0.15) is 13.8 Å². The van der Waals surface area contributed by atoms with Crippen LogP contribution in [0.2, 0.25) is 0 Å². The van der Waals surface area contributed by atoms with Crippen LogP contribution in [0.4, 0.5) is 5.69 Å². The summed E-state index contributed by atoms with van der Waals surface area (Å²) in [6, 6.07) is 0. The Balaban J connectivity index is 2.83. The first kappa shape index (κ1) is 14.6. The van der Waals surface area contributed by atoms with Crippen molar-refractivity contribution < 1.29 is 0 Å². The van der Waals surface area contributed by atoms with E-state index in [-0.39, 0.29) is 5.56 Å². The Morgan fingerprint density at radius 1 is 1.59 bits per heavy atom. The number of aromatic nitrogens is 2. The van der Waals surface area contributed by atoms with Crippen molar-refractivity contribution in [3.05, 3.63) is 21.0 Å². The monoisotopic (exact) mass is 319 g/mol. The number of hydrogen-bond acceptors (Lipinski definition) is 4. The van der Waals surface area contributed by atoms with Gasteiger partial charge in [0.2, 0.25) is 0 Å². The van der Waals surface area contributed by atoms with Gasteiger partial charge in [0.15, 0.2) is 0 Å². The fourth-order valence-corrected chi connectivity index (χ4v) is 2.11. The molecule has 0 bridgehead atoms. The SMILES string of the molecule is CSCCNc1cnn(CC(C)C)c(=O)c1Br. The van der Waals surface area contributed by atoms with E-state index in [2.05, 4.69) is 46.4 Å². The maximum absolute atomic E-state index is 12.0. The van der Waals surface area contributed by atoms with Crippen LogP contribution in [-0.2, 0) is 6.54 Å². The highest BCUT2D eigenvalue weighted by molar-refractivity contribution is 9.10. The fourth-order valence-electron chi connectivity index (χ4n) is 1.35. The lowest BCUT2D eigenvalue weighted by atomic mass is 10.2. The van der Waals surface area contributed by atoms with Gasteiger partial charge in [-0.2, -0.15) is 16.9 Å². The molecule has 6 heteroatoms. The van der Waals surface area contributed by atoms with Crippen molar-refractivity contribution in [2.24, 2.45) is 5.92 Å². The molecule has 4 nitrogen and oxygen atoms in total. The third-order valence-electron chi connectivity index (χ3n) is 2.14. The molecule has 0 amide bonds. The second-order valence-corrected chi connectivity index (χ2v) is 5.95. The van der Waals surface area contributed by atoms with E-state index in [1.807, 2.05) is 0 Å². The molecular formula is C11H18BrN3OS. The molecular weight excluding hydrogens is 302 g/mol. The zero-order valence-electron chi connectivity index (χ0n) is 10.4. The number of nitrogens with one attached hydrogen (secondary N) is 1. The van der Waals surface area contributed by atoms with Crippen molar-refractivity contribution >= 4 is 33.4 Å². The van der Waals surface area contributed by atoms with Gasteiger partial charge in [-0.3, -0.25) is 4.79 Å². The lowest BCUT2D eigenvalue weighted by Gasteiger charge is -2.11. The summed E-state index contributed by atoms with van der Waals surface area (Å²) in [6.07, 6.45) is 3.75. The van der Waals surface area contributed by atoms with Gasteiger partial charge in [0.05, 0.1) is 11.9 Å². The average molecular weight is 320 g/mol. The van der Waals surface area contributed by atoms with Gasteiger partial charge in [-0.1, -0.05) is 13.8 Å². The predicted molar refractivity (Wildman–Crippen MR) is 77.9 cm³/mol. The van der Waals surface area contributed by atoms with E-state index < -0.39 is 0 Å². The summed E-state index contributed by atoms with van der Waals surface area (Å²) in [6.45, 7) is 5.59. The summed E-state index contributed by atoms with van der Waals surface area (Å²) in [5, 5.41) is 7.35. The molecule has 1 rings (SSSR count). The maximum atomic E-state index is 12.0. The van der Waals surface area contributed by atoms with Crippen LogP contribution in [0.3, 0.4) is 0 Å². The highest BCUT2D eigenvalue weighted by Gasteiger charge is 2.09. The van der Waals surface area contributed by atoms with Gasteiger partial charge in [0, 0.05) is 18.8 Å². The molecule has 0 unspecified atom stereocenters. The Hall–Kier alpha value is -0.490. The second kappa shape index (κ2) is 7.06. The minimum atomic E-state index is -0.0761.